The van der Waals surface area contributed by atoms with Crippen molar-refractivity contribution in [3.05, 3.63) is 0 Å². The first-order chi connectivity index (χ1) is 11.7. The smallest absolute Gasteiger partial charge is 0.410 e. The summed E-state index contributed by atoms with van der Waals surface area (Å²) in [6, 6.07) is -0.342. The first-order valence-corrected chi connectivity index (χ1v) is 10.5. The van der Waals surface area contributed by atoms with E-state index in [0.717, 1.165) is 0 Å². The molecule has 0 aromatic carbocycles. The molecule has 0 spiro atoms. The predicted molar refractivity (Wildman–Crippen MR) is 90.5 cm³/mol. The third kappa shape index (κ3) is 9.07. The largest absolute Gasteiger partial charge is 0.444 e. The van der Waals surface area contributed by atoms with E-state index in [4.69, 9.17) is 4.74 Å². The second-order valence-electron chi connectivity index (χ2n) is 7.69. The number of alkyl halides is 3. The third-order valence-electron chi connectivity index (χ3n) is 3.93. The van der Waals surface area contributed by atoms with E-state index in [1.54, 1.807) is 20.8 Å². The van der Waals surface area contributed by atoms with Crippen molar-refractivity contribution in [3.8, 4) is 0 Å². The fourth-order valence-corrected chi connectivity index (χ4v) is 4.24. The lowest BCUT2D eigenvalue weighted by molar-refractivity contribution is -0.134. The lowest BCUT2D eigenvalue weighted by Crippen LogP contribution is -2.40. The Hall–Kier alpha value is -1.03. The van der Waals surface area contributed by atoms with Crippen LogP contribution in [0.3, 0.4) is 0 Å². The molecule has 1 N–H and O–H groups in total. The molecule has 0 aliphatic carbocycles. The molecule has 2 unspecified atom stereocenters. The maximum atomic E-state index is 12.2. The van der Waals surface area contributed by atoms with Gasteiger partial charge in [-0.05, 0) is 46.5 Å². The normalized spacial score (nSPS) is 21.9. The molecule has 6 nitrogen and oxygen atoms in total. The SMILES string of the molecule is CC(C)(C)OC(=O)N1CC(O)CC1CCCS(=O)(=O)CCCC(F)(F)F. The van der Waals surface area contributed by atoms with Crippen molar-refractivity contribution in [1.29, 1.82) is 0 Å². The van der Waals surface area contributed by atoms with E-state index in [1.165, 1.54) is 4.90 Å². The molecule has 0 aromatic heterocycles. The molecule has 0 bridgehead atoms. The minimum atomic E-state index is -4.36. The number of nitrogens with zero attached hydrogens (tertiary/aromatic N) is 1. The summed E-state index contributed by atoms with van der Waals surface area (Å²) in [5.74, 6) is -0.741. The molecule has 1 fully saturated rings. The van der Waals surface area contributed by atoms with Crippen LogP contribution in [0.2, 0.25) is 0 Å². The summed E-state index contributed by atoms with van der Waals surface area (Å²) in [6.07, 6.45) is -6.30. The van der Waals surface area contributed by atoms with Crippen molar-refractivity contribution < 1.29 is 36.2 Å². The minimum absolute atomic E-state index is 0.123. The second-order valence-corrected chi connectivity index (χ2v) is 9.99. The van der Waals surface area contributed by atoms with E-state index >= 15 is 0 Å². The van der Waals surface area contributed by atoms with Crippen LogP contribution in [0.1, 0.15) is 52.9 Å². The Morgan fingerprint density at radius 3 is 2.31 bits per heavy atom. The zero-order valence-corrected chi connectivity index (χ0v) is 16.2. The average molecular weight is 403 g/mol. The Labute approximate surface area is 152 Å². The zero-order chi connectivity index (χ0) is 20.2. The zero-order valence-electron chi connectivity index (χ0n) is 15.4. The van der Waals surface area contributed by atoms with Crippen molar-refractivity contribution in [1.82, 2.24) is 4.90 Å². The van der Waals surface area contributed by atoms with Crippen LogP contribution < -0.4 is 0 Å². The van der Waals surface area contributed by atoms with Crippen LogP contribution in [-0.4, -0.2) is 66.5 Å². The Balaban J connectivity index is 2.48. The highest BCUT2D eigenvalue weighted by Crippen LogP contribution is 2.25. The number of rotatable bonds is 7. The van der Waals surface area contributed by atoms with Crippen molar-refractivity contribution >= 4 is 15.9 Å². The maximum Gasteiger partial charge on any atom is 0.410 e. The van der Waals surface area contributed by atoms with Gasteiger partial charge in [0.05, 0.1) is 24.2 Å². The molecule has 1 rings (SSSR count). The van der Waals surface area contributed by atoms with E-state index in [1.807, 2.05) is 0 Å². The molecule has 0 radical (unpaired) electrons. The number of hydrogen-bond acceptors (Lipinski definition) is 5. The van der Waals surface area contributed by atoms with E-state index < -0.39 is 52.4 Å². The lowest BCUT2D eigenvalue weighted by atomic mass is 10.1. The van der Waals surface area contributed by atoms with Crippen LogP contribution in [0.15, 0.2) is 0 Å². The number of halogens is 3. The number of hydrogen-bond donors (Lipinski definition) is 1. The van der Waals surface area contributed by atoms with Gasteiger partial charge in [-0.3, -0.25) is 0 Å². The summed E-state index contributed by atoms with van der Waals surface area (Å²) in [4.78, 5) is 13.6. The molecular weight excluding hydrogens is 375 g/mol. The summed E-state index contributed by atoms with van der Waals surface area (Å²) in [6.45, 7) is 5.29. The van der Waals surface area contributed by atoms with Gasteiger partial charge >= 0.3 is 12.3 Å². The Morgan fingerprint density at radius 2 is 1.77 bits per heavy atom. The highest BCUT2D eigenvalue weighted by molar-refractivity contribution is 7.91. The molecule has 0 aromatic rings. The molecule has 2 atom stereocenters. The van der Waals surface area contributed by atoms with Crippen LogP contribution in [0.5, 0.6) is 0 Å². The second kappa shape index (κ2) is 8.77. The van der Waals surface area contributed by atoms with Gasteiger partial charge in [0.2, 0.25) is 0 Å². The number of β-amino-alcohol motifs (C(OH)–C–C–N with tert-alkyl or cyclic N) is 1. The number of likely N-dealkylation sites (tertiary alicyclic amines) is 1. The first-order valence-electron chi connectivity index (χ1n) is 8.63. The molecule has 0 saturated carbocycles. The maximum absolute atomic E-state index is 12.2. The Morgan fingerprint density at radius 1 is 1.19 bits per heavy atom. The van der Waals surface area contributed by atoms with Crippen molar-refractivity contribution in [2.24, 2.45) is 0 Å². The van der Waals surface area contributed by atoms with Gasteiger partial charge in [-0.1, -0.05) is 0 Å². The van der Waals surface area contributed by atoms with Crippen molar-refractivity contribution in [2.45, 2.75) is 76.8 Å². The van der Waals surface area contributed by atoms with Gasteiger partial charge in [0, 0.05) is 12.5 Å². The minimum Gasteiger partial charge on any atom is -0.444 e. The highest BCUT2D eigenvalue weighted by atomic mass is 32.2. The molecule has 1 heterocycles. The average Bonchev–Trinajstić information content (AvgIpc) is 2.76. The molecule has 26 heavy (non-hydrogen) atoms. The van der Waals surface area contributed by atoms with Gasteiger partial charge < -0.3 is 14.7 Å². The van der Waals surface area contributed by atoms with Gasteiger partial charge in [0.1, 0.15) is 15.4 Å². The van der Waals surface area contributed by atoms with E-state index in [0.29, 0.717) is 12.8 Å². The monoisotopic (exact) mass is 403 g/mol. The quantitative estimate of drug-likeness (QED) is 0.707. The van der Waals surface area contributed by atoms with Gasteiger partial charge in [-0.2, -0.15) is 13.2 Å². The van der Waals surface area contributed by atoms with Crippen LogP contribution in [0, 0.1) is 0 Å². The van der Waals surface area contributed by atoms with Gasteiger partial charge in [0.15, 0.2) is 0 Å². The summed E-state index contributed by atoms with van der Waals surface area (Å²) < 4.78 is 65.2. The van der Waals surface area contributed by atoms with E-state index in [2.05, 4.69) is 0 Å². The Kier molecular flexibility index (Phi) is 7.76. The van der Waals surface area contributed by atoms with Gasteiger partial charge in [-0.25, -0.2) is 13.2 Å². The van der Waals surface area contributed by atoms with Crippen LogP contribution >= 0.6 is 0 Å². The van der Waals surface area contributed by atoms with Crippen molar-refractivity contribution in [2.75, 3.05) is 18.1 Å². The van der Waals surface area contributed by atoms with E-state index in [9.17, 15) is 31.5 Å². The highest BCUT2D eigenvalue weighted by Gasteiger charge is 2.36. The fraction of sp³-hybridized carbons (Fsp3) is 0.938. The number of carbonyl (C=O) groups excluding carboxylic acids is 1. The summed E-state index contributed by atoms with van der Waals surface area (Å²) in [5, 5.41) is 9.79. The van der Waals surface area contributed by atoms with Crippen molar-refractivity contribution in [3.63, 3.8) is 0 Å². The number of sulfone groups is 1. The van der Waals surface area contributed by atoms with Crippen LogP contribution in [0.25, 0.3) is 0 Å². The number of aliphatic hydroxyl groups is 1. The standard InChI is InChI=1S/C16H28F3NO5S/c1-15(2,3)25-14(22)20-11-13(21)10-12(20)6-4-8-26(23,24)9-5-7-16(17,18)19/h12-13,21H,4-11H2,1-3H3. The molecule has 1 aliphatic heterocycles. The van der Waals surface area contributed by atoms with Crippen LogP contribution in [0.4, 0.5) is 18.0 Å². The number of carbonyl (C=O) groups is 1. The number of amides is 1. The number of aliphatic hydroxyl groups excluding tert-OH is 1. The topological polar surface area (TPSA) is 83.9 Å². The van der Waals surface area contributed by atoms with Gasteiger partial charge in [0.25, 0.3) is 0 Å². The molecule has 10 heteroatoms. The Bertz CT molecular complexity index is 571. The molecular formula is C16H28F3NO5S. The molecule has 1 amide bonds. The van der Waals surface area contributed by atoms with Gasteiger partial charge in [-0.15, -0.1) is 0 Å². The predicted octanol–water partition coefficient (Wildman–Crippen LogP) is 2.89. The fourth-order valence-electron chi connectivity index (χ4n) is 2.84. The van der Waals surface area contributed by atoms with Crippen LogP contribution in [-0.2, 0) is 14.6 Å². The summed E-state index contributed by atoms with van der Waals surface area (Å²) >= 11 is 0. The summed E-state index contributed by atoms with van der Waals surface area (Å²) in [7, 11) is -3.57. The van der Waals surface area contributed by atoms with E-state index in [-0.39, 0.29) is 24.8 Å². The molecule has 154 valence electrons. The molecule has 1 saturated heterocycles. The first kappa shape index (κ1) is 23.0. The third-order valence-corrected chi connectivity index (χ3v) is 5.75. The summed E-state index contributed by atoms with van der Waals surface area (Å²) in [5.41, 5.74) is -0.684. The molecule has 1 aliphatic rings. The number of ether oxygens (including phenoxy) is 1. The lowest BCUT2D eigenvalue weighted by Gasteiger charge is -2.28.